The molecule has 0 saturated carbocycles. The lowest BCUT2D eigenvalue weighted by atomic mass is 10.1. The zero-order valence-corrected chi connectivity index (χ0v) is 20.2. The molecule has 2 amide bonds. The standard InChI is InChI=1S/C29H21NO5S/c1-19(2)29(34)35-24-12-3-20(4-13-24)5-18-28(33)36-25-14-8-22(9-15-25)21-6-10-23(11-7-21)30-26(31)16-17-27(30)32/h3-18H,1H2,2H3/b18-5+. The SMILES string of the molecule is C=C(C)C(=O)Oc1ccc(/C=C/C(=O)Sc2ccc(-c3ccc(N4C(=O)C=CC4=O)cc3)cc2)cc1. The van der Waals surface area contributed by atoms with Gasteiger partial charge in [-0.15, -0.1) is 0 Å². The number of carbonyl (C=O) groups is 4. The number of rotatable bonds is 7. The molecular weight excluding hydrogens is 474 g/mol. The minimum absolute atomic E-state index is 0.126. The van der Waals surface area contributed by atoms with E-state index in [-0.39, 0.29) is 16.9 Å². The largest absolute Gasteiger partial charge is 0.423 e. The Morgan fingerprint density at radius 2 is 1.39 bits per heavy atom. The van der Waals surface area contributed by atoms with Gasteiger partial charge in [0, 0.05) is 22.6 Å². The molecule has 0 atom stereocenters. The van der Waals surface area contributed by atoms with Crippen LogP contribution in [0.25, 0.3) is 17.2 Å². The van der Waals surface area contributed by atoms with Gasteiger partial charge in [-0.2, -0.15) is 0 Å². The molecule has 0 radical (unpaired) electrons. The normalized spacial score (nSPS) is 12.9. The highest BCUT2D eigenvalue weighted by molar-refractivity contribution is 8.14. The molecule has 6 nitrogen and oxygen atoms in total. The highest BCUT2D eigenvalue weighted by atomic mass is 32.2. The number of nitrogens with zero attached hydrogens (tertiary/aromatic N) is 1. The van der Waals surface area contributed by atoms with Crippen molar-refractivity contribution in [1.29, 1.82) is 0 Å². The van der Waals surface area contributed by atoms with Crippen molar-refractivity contribution in [3.63, 3.8) is 0 Å². The molecule has 3 aromatic carbocycles. The van der Waals surface area contributed by atoms with Crippen LogP contribution >= 0.6 is 11.8 Å². The number of benzene rings is 3. The average Bonchev–Trinajstić information content (AvgIpc) is 3.21. The Bertz CT molecular complexity index is 1380. The first-order chi connectivity index (χ1) is 17.3. The maximum atomic E-state index is 12.4. The second-order valence-electron chi connectivity index (χ2n) is 7.91. The van der Waals surface area contributed by atoms with E-state index < -0.39 is 5.97 Å². The Labute approximate surface area is 212 Å². The highest BCUT2D eigenvalue weighted by Gasteiger charge is 2.24. The van der Waals surface area contributed by atoms with Gasteiger partial charge < -0.3 is 4.74 Å². The van der Waals surface area contributed by atoms with Crippen LogP contribution in [0.5, 0.6) is 5.75 Å². The average molecular weight is 496 g/mol. The number of hydrogen-bond acceptors (Lipinski definition) is 6. The molecular formula is C29H21NO5S. The van der Waals surface area contributed by atoms with E-state index in [0.29, 0.717) is 17.0 Å². The Kier molecular flexibility index (Phi) is 7.42. The van der Waals surface area contributed by atoms with Crippen molar-refractivity contribution in [2.45, 2.75) is 11.8 Å². The van der Waals surface area contributed by atoms with Gasteiger partial charge in [0.1, 0.15) is 5.75 Å². The van der Waals surface area contributed by atoms with Crippen LogP contribution in [-0.4, -0.2) is 22.9 Å². The lowest BCUT2D eigenvalue weighted by Crippen LogP contribution is -2.29. The predicted octanol–water partition coefficient (Wildman–Crippen LogP) is 5.60. The van der Waals surface area contributed by atoms with E-state index in [9.17, 15) is 19.2 Å². The van der Waals surface area contributed by atoms with Crippen molar-refractivity contribution in [3.05, 3.63) is 109 Å². The summed E-state index contributed by atoms with van der Waals surface area (Å²) in [6.45, 7) is 5.12. The van der Waals surface area contributed by atoms with Gasteiger partial charge in [-0.05, 0) is 77.9 Å². The molecule has 0 saturated heterocycles. The molecule has 0 bridgehead atoms. The lowest BCUT2D eigenvalue weighted by Gasteiger charge is -2.14. The van der Waals surface area contributed by atoms with Crippen molar-refractivity contribution in [2.24, 2.45) is 0 Å². The van der Waals surface area contributed by atoms with Gasteiger partial charge in [0.05, 0.1) is 5.69 Å². The number of carbonyl (C=O) groups excluding carboxylic acids is 4. The van der Waals surface area contributed by atoms with Crippen LogP contribution in [0.1, 0.15) is 12.5 Å². The second kappa shape index (κ2) is 10.8. The minimum Gasteiger partial charge on any atom is -0.423 e. The first-order valence-corrected chi connectivity index (χ1v) is 11.8. The van der Waals surface area contributed by atoms with Gasteiger partial charge in [-0.1, -0.05) is 49.1 Å². The Morgan fingerprint density at radius 1 is 0.833 bits per heavy atom. The molecule has 3 aromatic rings. The number of ether oxygens (including phenoxy) is 1. The summed E-state index contributed by atoms with van der Waals surface area (Å²) in [5.74, 6) is -0.783. The van der Waals surface area contributed by atoms with Gasteiger partial charge in [-0.25, -0.2) is 9.69 Å². The van der Waals surface area contributed by atoms with Gasteiger partial charge in [0.15, 0.2) is 0 Å². The smallest absolute Gasteiger partial charge is 0.338 e. The highest BCUT2D eigenvalue weighted by Crippen LogP contribution is 2.28. The third-order valence-corrected chi connectivity index (χ3v) is 6.04. The van der Waals surface area contributed by atoms with Gasteiger partial charge in [0.2, 0.25) is 5.12 Å². The number of anilines is 1. The summed E-state index contributed by atoms with van der Waals surface area (Å²) >= 11 is 1.11. The topological polar surface area (TPSA) is 80.8 Å². The summed E-state index contributed by atoms with van der Waals surface area (Å²) < 4.78 is 5.15. The number of esters is 1. The monoisotopic (exact) mass is 495 g/mol. The molecule has 7 heteroatoms. The quantitative estimate of drug-likeness (QED) is 0.140. The number of amides is 2. The van der Waals surface area contributed by atoms with Crippen LogP contribution in [0.4, 0.5) is 5.69 Å². The fourth-order valence-electron chi connectivity index (χ4n) is 3.33. The van der Waals surface area contributed by atoms with E-state index in [2.05, 4.69) is 6.58 Å². The Morgan fingerprint density at radius 3 is 1.94 bits per heavy atom. The third-order valence-electron chi connectivity index (χ3n) is 5.19. The van der Waals surface area contributed by atoms with Crippen LogP contribution in [0, 0.1) is 0 Å². The van der Waals surface area contributed by atoms with Gasteiger partial charge in [-0.3, -0.25) is 14.4 Å². The second-order valence-corrected chi connectivity index (χ2v) is 8.99. The van der Waals surface area contributed by atoms with E-state index in [0.717, 1.165) is 38.2 Å². The zero-order valence-electron chi connectivity index (χ0n) is 19.3. The molecule has 36 heavy (non-hydrogen) atoms. The molecule has 0 fully saturated rings. The van der Waals surface area contributed by atoms with Crippen LogP contribution in [0.3, 0.4) is 0 Å². The lowest BCUT2D eigenvalue weighted by molar-refractivity contribution is -0.130. The van der Waals surface area contributed by atoms with E-state index in [1.54, 1.807) is 49.4 Å². The molecule has 1 heterocycles. The van der Waals surface area contributed by atoms with E-state index in [1.165, 1.54) is 18.2 Å². The summed E-state index contributed by atoms with van der Waals surface area (Å²) in [5.41, 5.74) is 3.50. The van der Waals surface area contributed by atoms with Gasteiger partial charge in [0.25, 0.3) is 11.8 Å². The summed E-state index contributed by atoms with van der Waals surface area (Å²) in [5, 5.41) is -0.126. The van der Waals surface area contributed by atoms with E-state index in [1.807, 2.05) is 36.4 Å². The van der Waals surface area contributed by atoms with E-state index >= 15 is 0 Å². The number of imide groups is 1. The predicted molar refractivity (Wildman–Crippen MR) is 140 cm³/mol. The van der Waals surface area contributed by atoms with Crippen LogP contribution < -0.4 is 9.64 Å². The number of hydrogen-bond donors (Lipinski definition) is 0. The number of thioether (sulfide) groups is 1. The summed E-state index contributed by atoms with van der Waals surface area (Å²) in [6.07, 6.45) is 5.69. The molecule has 1 aliphatic rings. The third kappa shape index (κ3) is 5.95. The van der Waals surface area contributed by atoms with E-state index in [4.69, 9.17) is 4.74 Å². The molecule has 0 aliphatic carbocycles. The summed E-state index contributed by atoms with van der Waals surface area (Å²) in [6, 6.07) is 21.5. The van der Waals surface area contributed by atoms with Crippen LogP contribution in [0.15, 0.2) is 108 Å². The molecule has 178 valence electrons. The fraction of sp³-hybridized carbons (Fsp3) is 0.0345. The first-order valence-electron chi connectivity index (χ1n) is 10.9. The maximum absolute atomic E-state index is 12.4. The molecule has 0 N–H and O–H groups in total. The zero-order chi connectivity index (χ0) is 25.7. The van der Waals surface area contributed by atoms with Crippen LogP contribution in [-0.2, 0) is 19.2 Å². The Balaban J connectivity index is 1.33. The Hall–Kier alpha value is -4.49. The van der Waals surface area contributed by atoms with Gasteiger partial charge >= 0.3 is 5.97 Å². The minimum atomic E-state index is -0.486. The molecule has 0 unspecified atom stereocenters. The van der Waals surface area contributed by atoms with Crippen molar-refractivity contribution in [2.75, 3.05) is 4.90 Å². The fourth-order valence-corrected chi connectivity index (χ4v) is 3.97. The molecule has 0 aromatic heterocycles. The van der Waals surface area contributed by atoms with Crippen molar-refractivity contribution in [3.8, 4) is 16.9 Å². The summed E-state index contributed by atoms with van der Waals surface area (Å²) in [4.78, 5) is 49.5. The molecule has 0 spiro atoms. The maximum Gasteiger partial charge on any atom is 0.338 e. The molecule has 1 aliphatic heterocycles. The van der Waals surface area contributed by atoms with Crippen molar-refractivity contribution in [1.82, 2.24) is 0 Å². The summed E-state index contributed by atoms with van der Waals surface area (Å²) in [7, 11) is 0. The van der Waals surface area contributed by atoms with Crippen molar-refractivity contribution >= 4 is 46.4 Å². The van der Waals surface area contributed by atoms with Crippen LogP contribution in [0.2, 0.25) is 0 Å². The first kappa shape index (κ1) is 24.6. The molecule has 4 rings (SSSR count). The van der Waals surface area contributed by atoms with Crippen molar-refractivity contribution < 1.29 is 23.9 Å².